The molecule has 0 fully saturated rings. The molecular formula is C75H67BN2O3. The van der Waals surface area contributed by atoms with Gasteiger partial charge in [-0.25, -0.2) is 0 Å². The molecule has 3 aliphatic heterocycles. The zero-order chi connectivity index (χ0) is 55.7. The number of hydrogen-bond donors (Lipinski definition) is 0. The lowest BCUT2D eigenvalue weighted by molar-refractivity contribution is 0.172. The molecule has 0 atom stereocenters. The molecule has 0 saturated heterocycles. The van der Waals surface area contributed by atoms with Crippen LogP contribution in [0.3, 0.4) is 0 Å². The Hall–Kier alpha value is -8.74. The summed E-state index contributed by atoms with van der Waals surface area (Å²) in [7, 11) is 0. The summed E-state index contributed by atoms with van der Waals surface area (Å²) in [5.74, 6) is 1.54. The van der Waals surface area contributed by atoms with Crippen molar-refractivity contribution in [2.45, 2.75) is 85.5 Å². The first-order valence-corrected chi connectivity index (χ1v) is 28.7. The quantitative estimate of drug-likeness (QED) is 0.155. The molecule has 0 spiro atoms. The van der Waals surface area contributed by atoms with E-state index in [1.165, 1.54) is 44.2 Å². The average molecular weight is 1060 g/mol. The lowest BCUT2D eigenvalue weighted by Gasteiger charge is -2.45. The highest BCUT2D eigenvalue weighted by atomic mass is 16.6. The van der Waals surface area contributed by atoms with E-state index in [4.69, 9.17) is 13.9 Å². The fraction of sp³-hybridized carbons (Fsp3) is 0.200. The van der Waals surface area contributed by atoms with Crippen LogP contribution in [0.5, 0.6) is 11.5 Å². The predicted octanol–water partition coefficient (Wildman–Crippen LogP) is 18.3. The van der Waals surface area contributed by atoms with Crippen molar-refractivity contribution in [2.24, 2.45) is 0 Å². The van der Waals surface area contributed by atoms with E-state index in [9.17, 15) is 0 Å². The monoisotopic (exact) mass is 1050 g/mol. The van der Waals surface area contributed by atoms with E-state index in [1.807, 2.05) is 6.07 Å². The van der Waals surface area contributed by atoms with E-state index in [1.54, 1.807) is 0 Å². The summed E-state index contributed by atoms with van der Waals surface area (Å²) in [6.45, 7) is 23.6. The Bertz CT molecular complexity index is 4230. The average Bonchev–Trinajstić information content (AvgIpc) is 3.29. The number of aryl methyl sites for hydroxylation is 1. The summed E-state index contributed by atoms with van der Waals surface area (Å²) in [5.41, 5.74) is 26.1. The standard InChI is InChI=1S/C75H67BN2O3/c1-46-38-65-70-66(39-46)78(63-34-30-56(75(8,9)10)45-60(63)49-16-12-11-13-17-49)71-62(33-35-68-72(71)80-37-36-79-68)76(70)61-32-25-50(51-24-31-59-58-18-14-15-19-67(58)81-69(59)44-51)43-64(61)77(65)57-41-52(47-20-26-54(27-21-47)73(2,3)4)40-53(42-57)48-22-28-55(29-23-48)74(5,6)7/h11-35,38-45H,36-37H2,1-10H3. The second kappa shape index (κ2) is 18.7. The minimum atomic E-state index is -0.164. The van der Waals surface area contributed by atoms with E-state index in [-0.39, 0.29) is 23.0 Å². The van der Waals surface area contributed by atoms with Gasteiger partial charge in [-0.3, -0.25) is 0 Å². The fourth-order valence-corrected chi connectivity index (χ4v) is 12.8. The van der Waals surface area contributed by atoms with Gasteiger partial charge in [0.25, 0.3) is 6.71 Å². The zero-order valence-corrected chi connectivity index (χ0v) is 48.2. The molecule has 5 nitrogen and oxygen atoms in total. The van der Waals surface area contributed by atoms with Gasteiger partial charge in [-0.05, 0) is 174 Å². The SMILES string of the molecule is Cc1cc2c3c(c1)N(c1ccc(C(C)(C)C)cc1-c1ccccc1)c1c(ccc4c1OCCO4)B3c1ccc(-c3ccc4c(c3)oc3ccccc34)cc1N2c1cc(-c2ccc(C(C)(C)C)cc2)cc(-c2ccc(C(C)(C)C)cc2)c1. The van der Waals surface area contributed by atoms with Crippen LogP contribution < -0.4 is 35.7 Å². The molecule has 0 amide bonds. The zero-order valence-electron chi connectivity index (χ0n) is 48.2. The molecule has 3 aliphatic rings. The Morgan fingerprint density at radius 3 is 1.64 bits per heavy atom. The van der Waals surface area contributed by atoms with Gasteiger partial charge in [-0.15, -0.1) is 0 Å². The van der Waals surface area contributed by atoms with Gasteiger partial charge in [0.1, 0.15) is 24.4 Å². The lowest BCUT2D eigenvalue weighted by Crippen LogP contribution is -2.61. The summed E-state index contributed by atoms with van der Waals surface area (Å²) in [5, 5.41) is 2.24. The lowest BCUT2D eigenvalue weighted by atomic mass is 9.33. The first kappa shape index (κ1) is 50.5. The minimum absolute atomic E-state index is 0.0206. The molecule has 398 valence electrons. The van der Waals surface area contributed by atoms with Crippen molar-refractivity contribution in [1.29, 1.82) is 0 Å². The van der Waals surface area contributed by atoms with E-state index < -0.39 is 0 Å². The number of hydrogen-bond acceptors (Lipinski definition) is 5. The van der Waals surface area contributed by atoms with Crippen molar-refractivity contribution in [3.8, 4) is 56.0 Å². The van der Waals surface area contributed by atoms with Crippen LogP contribution in [0.4, 0.5) is 34.1 Å². The Kier molecular flexibility index (Phi) is 11.6. The summed E-state index contributed by atoms with van der Waals surface area (Å²) in [4.78, 5) is 5.08. The first-order chi connectivity index (χ1) is 38.9. The number of furan rings is 1. The van der Waals surface area contributed by atoms with E-state index in [0.29, 0.717) is 13.2 Å². The molecule has 0 radical (unpaired) electrons. The molecule has 10 aromatic carbocycles. The highest BCUT2D eigenvalue weighted by Crippen LogP contribution is 2.53. The maximum Gasteiger partial charge on any atom is 0.252 e. The Balaban J connectivity index is 1.06. The van der Waals surface area contributed by atoms with Crippen molar-refractivity contribution < 1.29 is 13.9 Å². The van der Waals surface area contributed by atoms with Crippen molar-refractivity contribution in [3.05, 3.63) is 222 Å². The third-order valence-corrected chi connectivity index (χ3v) is 17.1. The maximum absolute atomic E-state index is 6.87. The minimum Gasteiger partial charge on any atom is -0.486 e. The number of anilines is 6. The second-order valence-electron chi connectivity index (χ2n) is 25.7. The number of rotatable bonds is 6. The molecule has 1 aromatic heterocycles. The molecule has 0 unspecified atom stereocenters. The maximum atomic E-state index is 6.87. The van der Waals surface area contributed by atoms with Gasteiger partial charge in [0.2, 0.25) is 0 Å². The molecule has 0 N–H and O–H groups in total. The van der Waals surface area contributed by atoms with Crippen molar-refractivity contribution in [1.82, 2.24) is 0 Å². The van der Waals surface area contributed by atoms with Crippen LogP contribution in [0, 0.1) is 6.92 Å². The summed E-state index contributed by atoms with van der Waals surface area (Å²) < 4.78 is 19.9. The second-order valence-corrected chi connectivity index (χ2v) is 25.7. The highest BCUT2D eigenvalue weighted by Gasteiger charge is 2.46. The predicted molar refractivity (Wildman–Crippen MR) is 341 cm³/mol. The molecule has 11 aromatic rings. The van der Waals surface area contributed by atoms with E-state index in [0.717, 1.165) is 107 Å². The topological polar surface area (TPSA) is 38.1 Å². The Morgan fingerprint density at radius 2 is 0.963 bits per heavy atom. The van der Waals surface area contributed by atoms with Crippen LogP contribution >= 0.6 is 0 Å². The Labute approximate surface area is 477 Å². The number of ether oxygens (including phenoxy) is 2. The van der Waals surface area contributed by atoms with Crippen molar-refractivity contribution >= 4 is 79.2 Å². The van der Waals surface area contributed by atoms with Crippen molar-refractivity contribution in [3.63, 3.8) is 0 Å². The summed E-state index contributed by atoms with van der Waals surface area (Å²) in [6, 6.07) is 75.1. The summed E-state index contributed by atoms with van der Waals surface area (Å²) >= 11 is 0. The number of benzene rings is 10. The molecule has 81 heavy (non-hydrogen) atoms. The van der Waals surface area contributed by atoms with Crippen LogP contribution in [0.15, 0.2) is 205 Å². The van der Waals surface area contributed by atoms with Gasteiger partial charge in [0.05, 0.1) is 11.4 Å². The Morgan fingerprint density at radius 1 is 0.395 bits per heavy atom. The van der Waals surface area contributed by atoms with Crippen LogP contribution in [0.2, 0.25) is 0 Å². The van der Waals surface area contributed by atoms with Crippen molar-refractivity contribution in [2.75, 3.05) is 23.0 Å². The van der Waals surface area contributed by atoms with E-state index >= 15 is 0 Å². The van der Waals surface area contributed by atoms with Gasteiger partial charge >= 0.3 is 0 Å². The number of fused-ring (bicyclic) bond motifs is 9. The smallest absolute Gasteiger partial charge is 0.252 e. The number of para-hydroxylation sites is 1. The molecule has 0 saturated carbocycles. The van der Waals surface area contributed by atoms with Crippen LogP contribution in [-0.4, -0.2) is 19.9 Å². The highest BCUT2D eigenvalue weighted by molar-refractivity contribution is 7.00. The first-order valence-electron chi connectivity index (χ1n) is 28.7. The molecule has 0 bridgehead atoms. The van der Waals surface area contributed by atoms with Crippen LogP contribution in [0.1, 0.15) is 84.6 Å². The fourth-order valence-electron chi connectivity index (χ4n) is 12.8. The third kappa shape index (κ3) is 8.61. The van der Waals surface area contributed by atoms with Gasteiger partial charge in [0.15, 0.2) is 11.5 Å². The molecule has 6 heteroatoms. The molecule has 0 aliphatic carbocycles. The van der Waals surface area contributed by atoms with Gasteiger partial charge < -0.3 is 23.7 Å². The van der Waals surface area contributed by atoms with Gasteiger partial charge in [-0.1, -0.05) is 190 Å². The largest absolute Gasteiger partial charge is 0.486 e. The normalized spacial score (nSPS) is 13.8. The third-order valence-electron chi connectivity index (χ3n) is 17.1. The molecule has 4 heterocycles. The van der Waals surface area contributed by atoms with E-state index in [2.05, 4.69) is 273 Å². The van der Waals surface area contributed by atoms with Crippen LogP contribution in [0.25, 0.3) is 66.4 Å². The van der Waals surface area contributed by atoms with Crippen LogP contribution in [-0.2, 0) is 16.2 Å². The summed E-state index contributed by atoms with van der Waals surface area (Å²) in [6.07, 6.45) is 0. The number of nitrogens with zero attached hydrogens (tertiary/aromatic N) is 2. The molecule has 14 rings (SSSR count). The molecular weight excluding hydrogens is 988 g/mol. The van der Waals surface area contributed by atoms with Gasteiger partial charge in [0, 0.05) is 39.1 Å². The van der Waals surface area contributed by atoms with Gasteiger partial charge in [-0.2, -0.15) is 0 Å².